The van der Waals surface area contributed by atoms with Crippen LogP contribution in [0.3, 0.4) is 0 Å². The zero-order chi connectivity index (χ0) is 15.2. The molecule has 21 heavy (non-hydrogen) atoms. The molecular formula is C15H17FN2O2S. The highest BCUT2D eigenvalue weighted by atomic mass is 32.1. The van der Waals surface area contributed by atoms with Crippen LogP contribution >= 0.6 is 11.3 Å². The molecule has 1 atom stereocenters. The van der Waals surface area contributed by atoms with E-state index in [2.05, 4.69) is 10.3 Å². The third kappa shape index (κ3) is 4.61. The maximum Gasteiger partial charge on any atom is 0.226 e. The van der Waals surface area contributed by atoms with Crippen molar-refractivity contribution in [2.75, 3.05) is 13.7 Å². The van der Waals surface area contributed by atoms with E-state index in [0.717, 1.165) is 5.56 Å². The standard InChI is InChI=1S/C15H17FN2O2S/c1-10(8-20-2)17-14(19)7-13-9-21-15(18-13)11-4-3-5-12(16)6-11/h3-6,9-10H,7-8H2,1-2H3,(H,17,19)/t10-/m0/s1. The maximum atomic E-state index is 13.2. The van der Waals surface area contributed by atoms with Crippen LogP contribution in [0.2, 0.25) is 0 Å². The minimum absolute atomic E-state index is 0.0381. The van der Waals surface area contributed by atoms with Gasteiger partial charge in [0.15, 0.2) is 0 Å². The quantitative estimate of drug-likeness (QED) is 0.892. The van der Waals surface area contributed by atoms with Crippen LogP contribution in [0.25, 0.3) is 10.6 Å². The van der Waals surface area contributed by atoms with Crippen LogP contribution < -0.4 is 5.32 Å². The number of thiazole rings is 1. The molecule has 2 rings (SSSR count). The van der Waals surface area contributed by atoms with Crippen molar-refractivity contribution in [3.05, 3.63) is 41.2 Å². The van der Waals surface area contributed by atoms with Crippen molar-refractivity contribution >= 4 is 17.2 Å². The Hall–Kier alpha value is -1.79. The second kappa shape index (κ2) is 7.28. The van der Waals surface area contributed by atoms with Crippen molar-refractivity contribution < 1.29 is 13.9 Å². The molecule has 1 amide bonds. The van der Waals surface area contributed by atoms with Gasteiger partial charge in [0.1, 0.15) is 10.8 Å². The van der Waals surface area contributed by atoms with Gasteiger partial charge < -0.3 is 10.1 Å². The highest BCUT2D eigenvalue weighted by Crippen LogP contribution is 2.24. The Bertz CT molecular complexity index is 615. The summed E-state index contributed by atoms with van der Waals surface area (Å²) in [6.07, 6.45) is 0.208. The van der Waals surface area contributed by atoms with Gasteiger partial charge in [-0.15, -0.1) is 11.3 Å². The summed E-state index contributed by atoms with van der Waals surface area (Å²) in [5, 5.41) is 5.36. The van der Waals surface area contributed by atoms with Gasteiger partial charge in [-0.2, -0.15) is 0 Å². The van der Waals surface area contributed by atoms with Crippen LogP contribution in [0.4, 0.5) is 4.39 Å². The molecule has 0 fully saturated rings. The molecule has 0 aliphatic rings. The van der Waals surface area contributed by atoms with Crippen LogP contribution in [0.15, 0.2) is 29.6 Å². The van der Waals surface area contributed by atoms with Crippen LogP contribution in [-0.2, 0) is 16.0 Å². The maximum absolute atomic E-state index is 13.2. The third-order valence-corrected chi connectivity index (χ3v) is 3.73. The molecule has 0 saturated heterocycles. The van der Waals surface area contributed by atoms with Gasteiger partial charge in [0.05, 0.1) is 18.7 Å². The molecule has 0 unspecified atom stereocenters. The van der Waals surface area contributed by atoms with Gasteiger partial charge in [-0.25, -0.2) is 9.37 Å². The molecule has 112 valence electrons. The number of benzene rings is 1. The fourth-order valence-electron chi connectivity index (χ4n) is 1.92. The number of ether oxygens (including phenoxy) is 1. The number of nitrogens with one attached hydrogen (secondary N) is 1. The predicted octanol–water partition coefficient (Wildman–Crippen LogP) is 2.64. The van der Waals surface area contributed by atoms with Crippen molar-refractivity contribution in [3.8, 4) is 10.6 Å². The fourth-order valence-corrected chi connectivity index (χ4v) is 2.74. The van der Waals surface area contributed by atoms with Crippen molar-refractivity contribution in [1.29, 1.82) is 0 Å². The highest BCUT2D eigenvalue weighted by Gasteiger charge is 2.11. The topological polar surface area (TPSA) is 51.2 Å². The Labute approximate surface area is 127 Å². The molecule has 0 aliphatic carbocycles. The predicted molar refractivity (Wildman–Crippen MR) is 80.7 cm³/mol. The van der Waals surface area contributed by atoms with E-state index in [1.807, 2.05) is 12.3 Å². The summed E-state index contributed by atoms with van der Waals surface area (Å²) in [4.78, 5) is 16.2. The molecule has 4 nitrogen and oxygen atoms in total. The number of aromatic nitrogens is 1. The smallest absolute Gasteiger partial charge is 0.226 e. The van der Waals surface area contributed by atoms with Gasteiger partial charge in [-0.1, -0.05) is 12.1 Å². The molecule has 0 saturated carbocycles. The molecule has 0 bridgehead atoms. The zero-order valence-electron chi connectivity index (χ0n) is 11.9. The molecule has 6 heteroatoms. The Balaban J connectivity index is 1.99. The average molecular weight is 308 g/mol. The first kappa shape index (κ1) is 15.6. The fraction of sp³-hybridized carbons (Fsp3) is 0.333. The summed E-state index contributed by atoms with van der Waals surface area (Å²) >= 11 is 1.40. The molecule has 1 aromatic carbocycles. The molecule has 0 spiro atoms. The van der Waals surface area contributed by atoms with Crippen molar-refractivity contribution in [2.24, 2.45) is 0 Å². The SMILES string of the molecule is COC[C@H](C)NC(=O)Cc1csc(-c2cccc(F)c2)n1. The van der Waals surface area contributed by atoms with Crippen molar-refractivity contribution in [3.63, 3.8) is 0 Å². The number of nitrogens with zero attached hydrogens (tertiary/aromatic N) is 1. The normalized spacial score (nSPS) is 12.1. The lowest BCUT2D eigenvalue weighted by Gasteiger charge is -2.11. The Morgan fingerprint density at radius 1 is 1.52 bits per heavy atom. The van der Waals surface area contributed by atoms with Gasteiger partial charge in [-0.05, 0) is 19.1 Å². The Kier molecular flexibility index (Phi) is 5.41. The van der Waals surface area contributed by atoms with E-state index < -0.39 is 0 Å². The van der Waals surface area contributed by atoms with Crippen LogP contribution in [-0.4, -0.2) is 30.6 Å². The molecular weight excluding hydrogens is 291 g/mol. The first-order chi connectivity index (χ1) is 10.1. The number of methoxy groups -OCH3 is 1. The minimum atomic E-state index is -0.296. The van der Waals surface area contributed by atoms with Gasteiger partial charge in [0.2, 0.25) is 5.91 Å². The zero-order valence-corrected chi connectivity index (χ0v) is 12.7. The number of carbonyl (C=O) groups excluding carboxylic acids is 1. The molecule has 1 aromatic heterocycles. The van der Waals surface area contributed by atoms with Crippen LogP contribution in [0.5, 0.6) is 0 Å². The van der Waals surface area contributed by atoms with Gasteiger partial charge in [-0.3, -0.25) is 4.79 Å². The van der Waals surface area contributed by atoms with Gasteiger partial charge >= 0.3 is 0 Å². The number of rotatable bonds is 6. The minimum Gasteiger partial charge on any atom is -0.383 e. The van der Waals surface area contributed by atoms with Crippen molar-refractivity contribution in [1.82, 2.24) is 10.3 Å². The van der Waals surface area contributed by atoms with E-state index in [9.17, 15) is 9.18 Å². The number of amides is 1. The Morgan fingerprint density at radius 3 is 3.05 bits per heavy atom. The van der Waals surface area contributed by atoms with E-state index in [-0.39, 0.29) is 24.2 Å². The van der Waals surface area contributed by atoms with Gasteiger partial charge in [0, 0.05) is 24.1 Å². The van der Waals surface area contributed by atoms with Crippen LogP contribution in [0.1, 0.15) is 12.6 Å². The summed E-state index contributed by atoms with van der Waals surface area (Å²) in [6.45, 7) is 2.35. The lowest BCUT2D eigenvalue weighted by atomic mass is 10.2. The van der Waals surface area contributed by atoms with Crippen molar-refractivity contribution in [2.45, 2.75) is 19.4 Å². The molecule has 1 N–H and O–H groups in total. The lowest BCUT2D eigenvalue weighted by Crippen LogP contribution is -2.36. The molecule has 0 aliphatic heterocycles. The molecule has 2 aromatic rings. The van der Waals surface area contributed by atoms with E-state index >= 15 is 0 Å². The number of carbonyl (C=O) groups is 1. The number of hydrogen-bond donors (Lipinski definition) is 1. The van der Waals surface area contributed by atoms with E-state index in [1.54, 1.807) is 19.2 Å². The summed E-state index contributed by atoms with van der Waals surface area (Å²) in [5.41, 5.74) is 1.40. The van der Waals surface area contributed by atoms with E-state index in [0.29, 0.717) is 17.3 Å². The second-order valence-electron chi connectivity index (χ2n) is 4.76. The largest absolute Gasteiger partial charge is 0.383 e. The summed E-state index contributed by atoms with van der Waals surface area (Å²) in [5.74, 6) is -0.397. The highest BCUT2D eigenvalue weighted by molar-refractivity contribution is 7.13. The van der Waals surface area contributed by atoms with E-state index in [1.165, 1.54) is 23.5 Å². The Morgan fingerprint density at radius 2 is 2.33 bits per heavy atom. The number of halogens is 1. The summed E-state index contributed by atoms with van der Waals surface area (Å²) in [7, 11) is 1.59. The van der Waals surface area contributed by atoms with Crippen LogP contribution in [0, 0.1) is 5.82 Å². The molecule has 1 heterocycles. The monoisotopic (exact) mass is 308 g/mol. The summed E-state index contributed by atoms with van der Waals surface area (Å²) in [6, 6.07) is 6.23. The summed E-state index contributed by atoms with van der Waals surface area (Å²) < 4.78 is 18.2. The lowest BCUT2D eigenvalue weighted by molar-refractivity contribution is -0.121. The first-order valence-electron chi connectivity index (χ1n) is 6.57. The number of hydrogen-bond acceptors (Lipinski definition) is 4. The second-order valence-corrected chi connectivity index (χ2v) is 5.61. The van der Waals surface area contributed by atoms with E-state index in [4.69, 9.17) is 4.74 Å². The third-order valence-electron chi connectivity index (χ3n) is 2.79. The first-order valence-corrected chi connectivity index (χ1v) is 7.45. The van der Waals surface area contributed by atoms with Gasteiger partial charge in [0.25, 0.3) is 0 Å². The molecule has 0 radical (unpaired) electrons. The average Bonchev–Trinajstić information content (AvgIpc) is 2.87.